The van der Waals surface area contributed by atoms with Gasteiger partial charge < -0.3 is 9.64 Å². The molecule has 1 aromatic carbocycles. The molecular weight excluding hydrogens is 340 g/mol. The van der Waals surface area contributed by atoms with E-state index in [0.29, 0.717) is 25.1 Å². The summed E-state index contributed by atoms with van der Waals surface area (Å²) in [6.07, 6.45) is 1.18. The third-order valence-electron chi connectivity index (χ3n) is 3.15. The maximum absolute atomic E-state index is 11.3. The van der Waals surface area contributed by atoms with Crippen LogP contribution in [0.15, 0.2) is 22.7 Å². The van der Waals surface area contributed by atoms with E-state index >= 15 is 0 Å². The van der Waals surface area contributed by atoms with Gasteiger partial charge in [0.05, 0.1) is 5.69 Å². The second-order valence-electron chi connectivity index (χ2n) is 4.51. The second kappa shape index (κ2) is 8.41. The van der Waals surface area contributed by atoms with Crippen LogP contribution in [-0.2, 0) is 14.4 Å². The molecule has 0 aliphatic carbocycles. The summed E-state index contributed by atoms with van der Waals surface area (Å²) >= 11 is 3.32. The van der Waals surface area contributed by atoms with Crippen molar-refractivity contribution in [2.45, 2.75) is 25.8 Å². The molecule has 0 aliphatic rings. The van der Waals surface area contributed by atoms with Crippen molar-refractivity contribution in [3.05, 3.63) is 22.7 Å². The standard InChI is InChI=1S/C14H17BrN2O4/c1-10(3-6-14(20)16-8-18)17(2)12-5-4-11(15)7-13(12)21-9-19/h4-5,7-10H,3,6H2,1-2H3,(H,16,18,20). The van der Waals surface area contributed by atoms with Gasteiger partial charge in [-0.05, 0) is 31.5 Å². The lowest BCUT2D eigenvalue weighted by atomic mass is 10.1. The fourth-order valence-electron chi connectivity index (χ4n) is 1.83. The predicted octanol–water partition coefficient (Wildman–Crippen LogP) is 1.86. The number of hydrogen-bond donors (Lipinski definition) is 1. The molecule has 1 aromatic rings. The van der Waals surface area contributed by atoms with E-state index < -0.39 is 0 Å². The quantitative estimate of drug-likeness (QED) is 0.719. The summed E-state index contributed by atoms with van der Waals surface area (Å²) in [4.78, 5) is 33.9. The molecule has 0 bridgehead atoms. The number of amides is 2. The van der Waals surface area contributed by atoms with Gasteiger partial charge in [0, 0.05) is 24.0 Å². The van der Waals surface area contributed by atoms with Crippen LogP contribution in [0, 0.1) is 0 Å². The molecule has 0 aromatic heterocycles. The zero-order valence-corrected chi connectivity index (χ0v) is 13.4. The summed E-state index contributed by atoms with van der Waals surface area (Å²) in [6, 6.07) is 5.39. The molecule has 0 aliphatic heterocycles. The van der Waals surface area contributed by atoms with Gasteiger partial charge in [-0.15, -0.1) is 0 Å². The van der Waals surface area contributed by atoms with Crippen molar-refractivity contribution >= 4 is 40.4 Å². The minimum absolute atomic E-state index is 0.0255. The van der Waals surface area contributed by atoms with E-state index in [4.69, 9.17) is 4.74 Å². The maximum Gasteiger partial charge on any atom is 0.298 e. The van der Waals surface area contributed by atoms with Gasteiger partial charge in [0.15, 0.2) is 5.75 Å². The van der Waals surface area contributed by atoms with E-state index in [0.717, 1.165) is 10.2 Å². The minimum atomic E-state index is -0.314. The molecule has 1 N–H and O–H groups in total. The van der Waals surface area contributed by atoms with E-state index in [9.17, 15) is 14.4 Å². The van der Waals surface area contributed by atoms with E-state index in [1.165, 1.54) is 0 Å². The predicted molar refractivity (Wildman–Crippen MR) is 82.1 cm³/mol. The summed E-state index contributed by atoms with van der Waals surface area (Å²) in [5.74, 6) is 0.122. The molecule has 6 nitrogen and oxygen atoms in total. The van der Waals surface area contributed by atoms with Gasteiger partial charge in [-0.3, -0.25) is 19.7 Å². The van der Waals surface area contributed by atoms with Crippen LogP contribution in [0.25, 0.3) is 0 Å². The molecule has 1 unspecified atom stereocenters. The highest BCUT2D eigenvalue weighted by atomic mass is 79.9. The number of anilines is 1. The average Bonchev–Trinajstić information content (AvgIpc) is 2.45. The number of carbonyl (C=O) groups excluding carboxylic acids is 3. The lowest BCUT2D eigenvalue weighted by Crippen LogP contribution is -2.31. The zero-order valence-electron chi connectivity index (χ0n) is 11.8. The van der Waals surface area contributed by atoms with Gasteiger partial charge in [0.25, 0.3) is 6.47 Å². The van der Waals surface area contributed by atoms with Crippen molar-refractivity contribution in [2.24, 2.45) is 0 Å². The van der Waals surface area contributed by atoms with E-state index in [2.05, 4.69) is 21.2 Å². The Morgan fingerprint density at radius 3 is 2.81 bits per heavy atom. The highest BCUT2D eigenvalue weighted by Gasteiger charge is 2.16. The molecule has 21 heavy (non-hydrogen) atoms. The summed E-state index contributed by atoms with van der Waals surface area (Å²) in [5, 5.41) is 2.10. The van der Waals surface area contributed by atoms with Gasteiger partial charge in [-0.2, -0.15) is 0 Å². The SMILES string of the molecule is CC(CCC(=O)NC=O)N(C)c1ccc(Br)cc1OC=O. The third-order valence-corrected chi connectivity index (χ3v) is 3.64. The van der Waals surface area contributed by atoms with Crippen LogP contribution in [0.2, 0.25) is 0 Å². The second-order valence-corrected chi connectivity index (χ2v) is 5.43. The Hall–Kier alpha value is -1.89. The van der Waals surface area contributed by atoms with Gasteiger partial charge >= 0.3 is 0 Å². The number of carbonyl (C=O) groups is 3. The maximum atomic E-state index is 11.3. The molecule has 0 fully saturated rings. The van der Waals surface area contributed by atoms with Crippen molar-refractivity contribution in [1.29, 1.82) is 0 Å². The van der Waals surface area contributed by atoms with Gasteiger partial charge in [0.1, 0.15) is 0 Å². The Labute approximate surface area is 131 Å². The van der Waals surface area contributed by atoms with Crippen molar-refractivity contribution in [2.75, 3.05) is 11.9 Å². The topological polar surface area (TPSA) is 75.7 Å². The fraction of sp³-hybridized carbons (Fsp3) is 0.357. The third kappa shape index (κ3) is 5.18. The van der Waals surface area contributed by atoms with Crippen LogP contribution in [0.4, 0.5) is 5.69 Å². The van der Waals surface area contributed by atoms with Crippen molar-refractivity contribution in [1.82, 2.24) is 5.32 Å². The van der Waals surface area contributed by atoms with Crippen LogP contribution in [0.3, 0.4) is 0 Å². The first-order valence-corrected chi connectivity index (χ1v) is 7.14. The van der Waals surface area contributed by atoms with E-state index in [1.54, 1.807) is 6.07 Å². The normalized spacial score (nSPS) is 11.4. The number of halogens is 1. The molecule has 0 saturated carbocycles. The lowest BCUT2D eigenvalue weighted by Gasteiger charge is -2.28. The van der Waals surface area contributed by atoms with E-state index in [-0.39, 0.29) is 18.4 Å². The first-order valence-electron chi connectivity index (χ1n) is 6.35. The molecule has 0 heterocycles. The van der Waals surface area contributed by atoms with Gasteiger partial charge in [-0.1, -0.05) is 15.9 Å². The van der Waals surface area contributed by atoms with Crippen LogP contribution in [0.5, 0.6) is 5.75 Å². The lowest BCUT2D eigenvalue weighted by molar-refractivity contribution is -0.125. The molecule has 7 heteroatoms. The number of hydrogen-bond acceptors (Lipinski definition) is 5. The van der Waals surface area contributed by atoms with Crippen molar-refractivity contribution < 1.29 is 19.1 Å². The summed E-state index contributed by atoms with van der Waals surface area (Å²) in [5.41, 5.74) is 0.744. The molecule has 0 saturated heterocycles. The van der Waals surface area contributed by atoms with Gasteiger partial charge in [0.2, 0.25) is 12.3 Å². The number of imide groups is 1. The number of ether oxygens (including phenoxy) is 1. The first-order chi connectivity index (χ1) is 9.99. The molecule has 2 amide bonds. The smallest absolute Gasteiger partial charge is 0.298 e. The zero-order chi connectivity index (χ0) is 15.8. The fourth-order valence-corrected chi connectivity index (χ4v) is 2.17. The molecule has 0 spiro atoms. The van der Waals surface area contributed by atoms with Gasteiger partial charge in [-0.25, -0.2) is 0 Å². The number of benzene rings is 1. The molecule has 1 rings (SSSR count). The van der Waals surface area contributed by atoms with Crippen LogP contribution >= 0.6 is 15.9 Å². The Bertz CT molecular complexity index is 522. The minimum Gasteiger partial charge on any atom is -0.426 e. The van der Waals surface area contributed by atoms with Crippen LogP contribution in [0.1, 0.15) is 19.8 Å². The molecule has 0 radical (unpaired) electrons. The molecule has 1 atom stereocenters. The Kier molecular flexibility index (Phi) is 6.87. The number of nitrogens with one attached hydrogen (secondary N) is 1. The Balaban J connectivity index is 2.77. The Morgan fingerprint density at radius 2 is 2.19 bits per heavy atom. The summed E-state index contributed by atoms with van der Waals surface area (Å²) in [6.45, 7) is 2.32. The highest BCUT2D eigenvalue weighted by molar-refractivity contribution is 9.10. The molecule has 114 valence electrons. The summed E-state index contributed by atoms with van der Waals surface area (Å²) < 4.78 is 5.78. The first kappa shape index (κ1) is 17.2. The van der Waals surface area contributed by atoms with Crippen molar-refractivity contribution in [3.8, 4) is 5.75 Å². The average molecular weight is 357 g/mol. The van der Waals surface area contributed by atoms with E-state index in [1.807, 2.05) is 31.0 Å². The largest absolute Gasteiger partial charge is 0.426 e. The number of rotatable bonds is 8. The highest BCUT2D eigenvalue weighted by Crippen LogP contribution is 2.32. The monoisotopic (exact) mass is 356 g/mol. The van der Waals surface area contributed by atoms with Crippen LogP contribution < -0.4 is 15.0 Å². The summed E-state index contributed by atoms with van der Waals surface area (Å²) in [7, 11) is 1.85. The molecular formula is C14H17BrN2O4. The van der Waals surface area contributed by atoms with Crippen molar-refractivity contribution in [3.63, 3.8) is 0 Å². The Morgan fingerprint density at radius 1 is 1.48 bits per heavy atom. The number of nitrogens with zero attached hydrogens (tertiary/aromatic N) is 1. The van der Waals surface area contributed by atoms with Crippen LogP contribution in [-0.4, -0.2) is 31.9 Å².